The maximum absolute atomic E-state index is 6.74. The summed E-state index contributed by atoms with van der Waals surface area (Å²) >= 11 is 13.4. The minimum Gasteiger partial charge on any atom is -0.382 e. The number of halogens is 2. The third-order valence-electron chi connectivity index (χ3n) is 5.30. The molecule has 2 aromatic heterocycles. The zero-order valence-electron chi connectivity index (χ0n) is 19.8. The Balaban J connectivity index is 2.56. The molecular formula is C22H37Cl2N4O2+. The van der Waals surface area contributed by atoms with Gasteiger partial charge in [-0.05, 0) is 27.7 Å². The van der Waals surface area contributed by atoms with E-state index >= 15 is 0 Å². The molecule has 8 heteroatoms. The van der Waals surface area contributed by atoms with Gasteiger partial charge in [0.1, 0.15) is 16.8 Å². The molecule has 0 aliphatic carbocycles. The van der Waals surface area contributed by atoms with Crippen LogP contribution in [-0.4, -0.2) is 41.9 Å². The monoisotopic (exact) mass is 459 g/mol. The average molecular weight is 460 g/mol. The summed E-state index contributed by atoms with van der Waals surface area (Å²) in [5, 5.41) is 5.95. The number of aromatic nitrogens is 4. The van der Waals surface area contributed by atoms with Crippen molar-refractivity contribution >= 4 is 23.2 Å². The van der Waals surface area contributed by atoms with Gasteiger partial charge in [0.25, 0.3) is 0 Å². The van der Waals surface area contributed by atoms with Crippen molar-refractivity contribution in [2.75, 3.05) is 27.4 Å². The summed E-state index contributed by atoms with van der Waals surface area (Å²) in [6.45, 7) is 17.0. The van der Waals surface area contributed by atoms with Crippen molar-refractivity contribution in [3.8, 4) is 0 Å². The molecule has 0 bridgehead atoms. The lowest BCUT2D eigenvalue weighted by molar-refractivity contribution is -0.784. The van der Waals surface area contributed by atoms with E-state index in [9.17, 15) is 0 Å². The van der Waals surface area contributed by atoms with Gasteiger partial charge >= 0.3 is 0 Å². The van der Waals surface area contributed by atoms with E-state index in [1.54, 1.807) is 20.4 Å². The standard InChI is InChI=1S/C22H37Cl2N4O2/c1-15(12-29-8)27-20(17(23)10-25-27)22(6,7)14-26-11-18(24)19(21(3,4)5)28(26)16(2)13-30-9/h10-11,15-16H,12-14H2,1-9H3/q+1/t15-,16+/m0/s1. The topological polar surface area (TPSA) is 45.1 Å². The highest BCUT2D eigenvalue weighted by Crippen LogP contribution is 2.34. The third-order valence-corrected chi connectivity index (χ3v) is 5.86. The summed E-state index contributed by atoms with van der Waals surface area (Å²) in [6.07, 6.45) is 3.73. The predicted octanol–water partition coefficient (Wildman–Crippen LogP) is 4.97. The normalized spacial score (nSPS) is 14.9. The minimum atomic E-state index is -0.304. The Bertz CT molecular complexity index is 852. The quantitative estimate of drug-likeness (QED) is 0.497. The van der Waals surface area contributed by atoms with Gasteiger partial charge in [-0.25, -0.2) is 0 Å². The third kappa shape index (κ3) is 5.21. The van der Waals surface area contributed by atoms with Crippen molar-refractivity contribution in [3.63, 3.8) is 0 Å². The average Bonchev–Trinajstić information content (AvgIpc) is 3.15. The Morgan fingerprint density at radius 2 is 1.53 bits per heavy atom. The lowest BCUT2D eigenvalue weighted by atomic mass is 9.88. The van der Waals surface area contributed by atoms with Crippen molar-refractivity contribution in [1.29, 1.82) is 0 Å². The van der Waals surface area contributed by atoms with Crippen molar-refractivity contribution in [2.45, 2.75) is 77.9 Å². The second kappa shape index (κ2) is 9.60. The van der Waals surface area contributed by atoms with Crippen molar-refractivity contribution in [1.82, 2.24) is 14.5 Å². The molecule has 0 aliphatic rings. The minimum absolute atomic E-state index is 0.0784. The van der Waals surface area contributed by atoms with Gasteiger partial charge in [0.2, 0.25) is 6.20 Å². The highest BCUT2D eigenvalue weighted by molar-refractivity contribution is 6.31. The molecule has 170 valence electrons. The van der Waals surface area contributed by atoms with E-state index in [4.69, 9.17) is 32.7 Å². The van der Waals surface area contributed by atoms with Crippen LogP contribution in [0.2, 0.25) is 10.0 Å². The molecule has 0 aliphatic heterocycles. The molecule has 2 aromatic rings. The fraction of sp³-hybridized carbons (Fsp3) is 0.727. The second-order valence-corrected chi connectivity index (χ2v) is 10.6. The largest absolute Gasteiger partial charge is 0.382 e. The molecule has 0 radical (unpaired) electrons. The Morgan fingerprint density at radius 1 is 0.967 bits per heavy atom. The lowest BCUT2D eigenvalue weighted by Gasteiger charge is -2.27. The molecule has 0 aromatic carbocycles. The van der Waals surface area contributed by atoms with Crippen LogP contribution in [0.15, 0.2) is 12.4 Å². The molecule has 2 heterocycles. The fourth-order valence-electron chi connectivity index (χ4n) is 4.20. The number of hydrogen-bond acceptors (Lipinski definition) is 3. The number of rotatable bonds is 9. The summed E-state index contributed by atoms with van der Waals surface area (Å²) in [5.74, 6) is 0. The maximum Gasteiger partial charge on any atom is 0.214 e. The number of hydrogen-bond donors (Lipinski definition) is 0. The van der Waals surface area contributed by atoms with Crippen LogP contribution in [0.1, 0.15) is 71.9 Å². The molecule has 0 amide bonds. The van der Waals surface area contributed by atoms with Crippen molar-refractivity contribution in [2.24, 2.45) is 0 Å². The molecule has 0 N–H and O–H groups in total. The molecule has 0 saturated heterocycles. The summed E-state index contributed by atoms with van der Waals surface area (Å²) < 4.78 is 17.2. The van der Waals surface area contributed by atoms with Crippen LogP contribution < -0.4 is 4.68 Å². The van der Waals surface area contributed by atoms with Crippen LogP contribution >= 0.6 is 23.2 Å². The molecule has 30 heavy (non-hydrogen) atoms. The van der Waals surface area contributed by atoms with E-state index in [-0.39, 0.29) is 22.9 Å². The molecule has 0 saturated carbocycles. The Labute approximate surface area is 191 Å². The lowest BCUT2D eigenvalue weighted by Crippen LogP contribution is -2.52. The van der Waals surface area contributed by atoms with Crippen LogP contribution in [0.5, 0.6) is 0 Å². The highest BCUT2D eigenvalue weighted by atomic mass is 35.5. The highest BCUT2D eigenvalue weighted by Gasteiger charge is 2.38. The molecule has 0 spiro atoms. The maximum atomic E-state index is 6.74. The number of nitrogens with zero attached hydrogens (tertiary/aromatic N) is 4. The van der Waals surface area contributed by atoms with Gasteiger partial charge in [-0.15, -0.1) is 4.68 Å². The summed E-state index contributed by atoms with van der Waals surface area (Å²) in [4.78, 5) is 0. The smallest absolute Gasteiger partial charge is 0.214 e. The van der Waals surface area contributed by atoms with Crippen molar-refractivity contribution < 1.29 is 14.2 Å². The van der Waals surface area contributed by atoms with Crippen LogP contribution in [0.3, 0.4) is 0 Å². The molecular weight excluding hydrogens is 423 g/mol. The van der Waals surface area contributed by atoms with E-state index in [1.807, 2.05) is 10.9 Å². The summed E-state index contributed by atoms with van der Waals surface area (Å²) in [7, 11) is 3.42. The van der Waals surface area contributed by atoms with Crippen LogP contribution in [-0.2, 0) is 26.8 Å². The van der Waals surface area contributed by atoms with Crippen LogP contribution in [0.25, 0.3) is 0 Å². The molecule has 2 atom stereocenters. The molecule has 0 unspecified atom stereocenters. The molecule has 2 rings (SSSR count). The Hall–Kier alpha value is -1.08. The molecule has 6 nitrogen and oxygen atoms in total. The van der Waals surface area contributed by atoms with E-state index in [2.05, 4.69) is 62.9 Å². The van der Waals surface area contributed by atoms with Crippen molar-refractivity contribution in [3.05, 3.63) is 33.8 Å². The van der Waals surface area contributed by atoms with Gasteiger partial charge in [0.15, 0.2) is 6.54 Å². The first-order valence-electron chi connectivity index (χ1n) is 10.4. The summed E-state index contributed by atoms with van der Waals surface area (Å²) in [6, 6.07) is 0.204. The van der Waals surface area contributed by atoms with Gasteiger partial charge in [-0.1, -0.05) is 44.0 Å². The van der Waals surface area contributed by atoms with E-state index in [0.717, 1.165) is 16.4 Å². The van der Waals surface area contributed by atoms with Gasteiger partial charge in [0.05, 0.1) is 41.6 Å². The Kier molecular flexibility index (Phi) is 8.05. The van der Waals surface area contributed by atoms with Gasteiger partial charge in [0, 0.05) is 19.6 Å². The van der Waals surface area contributed by atoms with E-state index in [1.165, 1.54) is 0 Å². The number of methoxy groups -OCH3 is 2. The van der Waals surface area contributed by atoms with Gasteiger partial charge < -0.3 is 9.47 Å². The molecule has 0 fully saturated rings. The first kappa shape index (κ1) is 25.2. The Morgan fingerprint density at radius 3 is 2.07 bits per heavy atom. The predicted molar refractivity (Wildman–Crippen MR) is 122 cm³/mol. The van der Waals surface area contributed by atoms with Crippen LogP contribution in [0, 0.1) is 0 Å². The SMILES string of the molecule is COC[C@@H](C)n1c(C(C)(C)C)c(Cl)c[n+]1CC(C)(C)c1c(Cl)cnn1[C@@H](C)COC. The summed E-state index contributed by atoms with van der Waals surface area (Å²) in [5.41, 5.74) is 1.67. The fourth-order valence-corrected chi connectivity index (χ4v) is 5.07. The van der Waals surface area contributed by atoms with Gasteiger partial charge in [-0.3, -0.25) is 4.68 Å². The van der Waals surface area contributed by atoms with Crippen LogP contribution in [0.4, 0.5) is 0 Å². The zero-order valence-corrected chi connectivity index (χ0v) is 21.3. The first-order valence-corrected chi connectivity index (χ1v) is 11.1. The van der Waals surface area contributed by atoms with E-state index in [0.29, 0.717) is 24.8 Å². The first-order chi connectivity index (χ1) is 13.8. The number of ether oxygens (including phenoxy) is 2. The second-order valence-electron chi connectivity index (χ2n) is 9.80. The van der Waals surface area contributed by atoms with E-state index < -0.39 is 0 Å². The van der Waals surface area contributed by atoms with Gasteiger partial charge in [-0.2, -0.15) is 9.78 Å². The zero-order chi connectivity index (χ0) is 22.9.